The second-order valence-electron chi connectivity index (χ2n) is 32.7. The van der Waals surface area contributed by atoms with Gasteiger partial charge in [-0.05, 0) is 240 Å². The first-order valence-corrected chi connectivity index (χ1v) is 54.0. The number of rotatable bonds is 36. The van der Waals surface area contributed by atoms with E-state index in [2.05, 4.69) is 124 Å². The van der Waals surface area contributed by atoms with Crippen LogP contribution >= 0.6 is 63.7 Å². The van der Waals surface area contributed by atoms with E-state index in [9.17, 15) is 71.7 Å². The van der Waals surface area contributed by atoms with Gasteiger partial charge >= 0.3 is 0 Å². The first-order chi connectivity index (χ1) is 70.3. The van der Waals surface area contributed by atoms with Crippen LogP contribution in [0, 0.1) is 51.0 Å². The smallest absolute Gasteiger partial charge is 0.204 e. The highest BCUT2D eigenvalue weighted by atomic mass is 79.9. The molecule has 12 heterocycles. The Balaban J connectivity index is 0.000000165. The summed E-state index contributed by atoms with van der Waals surface area (Å²) in [5, 5.41) is 70.6. The minimum Gasteiger partial charge on any atom is -0.494 e. The molecular weight excluding hydrogens is 2290 g/mol. The number of methoxy groups -OCH3 is 8. The lowest BCUT2D eigenvalue weighted by atomic mass is 10.2. The molecule has 4 N–H and O–H groups in total. The highest BCUT2D eigenvalue weighted by Gasteiger charge is 2.42. The molecule has 784 valence electrons. The van der Waals surface area contributed by atoms with Gasteiger partial charge in [0.05, 0.1) is 77.9 Å². The van der Waals surface area contributed by atoms with Crippen LogP contribution in [-0.4, -0.2) is 211 Å². The first kappa shape index (κ1) is 112. The molecule has 0 saturated carbocycles. The number of para-hydroxylation sites is 4. The Kier molecular flexibility index (Phi) is 36.0. The van der Waals surface area contributed by atoms with Crippen LogP contribution in [-0.2, 0) is 62.4 Å². The van der Waals surface area contributed by atoms with Crippen molar-refractivity contribution in [2.45, 2.75) is 124 Å². The van der Waals surface area contributed by atoms with E-state index in [4.69, 9.17) is 55.6 Å². The maximum atomic E-state index is 14.4. The normalized spacial score (nSPS) is 13.4. The molecule has 12 aromatic heterocycles. The quantitative estimate of drug-likeness (QED) is 0.0265. The zero-order valence-electron chi connectivity index (χ0n) is 81.4. The molecule has 0 saturated heterocycles. The molecule has 0 fully saturated rings. The fourth-order valence-electron chi connectivity index (χ4n) is 15.1. The Morgan fingerprint density at radius 3 is 0.601 bits per heavy atom. The summed E-state index contributed by atoms with van der Waals surface area (Å²) in [6.07, 6.45) is -1.76. The number of nitrogens with zero attached hydrogens (tertiary/aromatic N) is 16. The van der Waals surface area contributed by atoms with E-state index < -0.39 is 131 Å². The molecule has 0 unspecified atom stereocenters. The predicted molar refractivity (Wildman–Crippen MR) is 543 cm³/mol. The number of hydrogen-bond acceptors (Lipinski definition) is 36. The maximum Gasteiger partial charge on any atom is 0.204 e. The van der Waals surface area contributed by atoms with Gasteiger partial charge in [-0.3, -0.25) is 38.2 Å². The van der Waals surface area contributed by atoms with Gasteiger partial charge in [0, 0.05) is 42.7 Å². The van der Waals surface area contributed by atoms with Crippen LogP contribution in [0.15, 0.2) is 206 Å². The summed E-state index contributed by atoms with van der Waals surface area (Å²) >= 11 is 12.4. The molecule has 0 bridgehead atoms. The molecule has 0 aliphatic heterocycles. The second kappa shape index (κ2) is 47.6. The van der Waals surface area contributed by atoms with Crippen LogP contribution < -0.4 is 37.9 Å². The topological polar surface area (TPSA) is 518 Å². The summed E-state index contributed by atoms with van der Waals surface area (Å²) in [6.45, 7) is 12.2. The fraction of sp³-hybridized carbons (Fsp3) is 0.292. The van der Waals surface area contributed by atoms with Crippen molar-refractivity contribution in [2.24, 2.45) is 0 Å². The summed E-state index contributed by atoms with van der Waals surface area (Å²) in [5.74, 6) is 1.83. The molecule has 16 aromatic rings. The summed E-state index contributed by atoms with van der Waals surface area (Å²) < 4.78 is 240. The number of ether oxygens (including phenoxy) is 8. The van der Waals surface area contributed by atoms with E-state index in [1.807, 2.05) is 0 Å². The largest absolute Gasteiger partial charge is 0.494 e. The highest BCUT2D eigenvalue weighted by molar-refractivity contribution is 9.11. The number of pyridine rings is 4. The van der Waals surface area contributed by atoms with Gasteiger partial charge in [-0.1, -0.05) is 24.3 Å². The molecule has 16 rings (SSSR count). The monoisotopic (exact) mass is 2380 g/mol. The van der Waals surface area contributed by atoms with Crippen molar-refractivity contribution in [1.29, 1.82) is 0 Å². The van der Waals surface area contributed by atoms with Crippen LogP contribution in [0.4, 0.5) is 17.6 Å². The Morgan fingerprint density at radius 2 is 0.459 bits per heavy atom. The molecule has 0 radical (unpaired) electrons. The molecule has 148 heavy (non-hydrogen) atoms. The van der Waals surface area contributed by atoms with Crippen LogP contribution in [0.2, 0.25) is 0 Å². The van der Waals surface area contributed by atoms with E-state index in [0.717, 1.165) is 24.3 Å². The van der Waals surface area contributed by atoms with Crippen molar-refractivity contribution in [1.82, 2.24) is 79.0 Å². The molecular formula is C96H96Br4F4N16O24S4. The zero-order chi connectivity index (χ0) is 108. The maximum absolute atomic E-state index is 14.4. The van der Waals surface area contributed by atoms with Crippen LogP contribution in [0.25, 0.3) is 69.1 Å². The van der Waals surface area contributed by atoms with Crippen LogP contribution in [0.1, 0.15) is 121 Å². The molecule has 8 atom stereocenters. The standard InChI is InChI=1S/4C24H24BrFN4O6S/c4*1-13-8-9-19(36-13)24-29-28-20(30(24)22-17(34-3)6-5-7-18(22)35-4)12-37(32,33)14(2)23(31)21-16(26)10-15(25)11-27-21/h4*5-11,14,23,31H,12H2,1-4H3/t2*14-,23+;2*14-,23-/m1010/s1. The minimum atomic E-state index is -4.12. The Labute approximate surface area is 879 Å². The highest BCUT2D eigenvalue weighted by Crippen LogP contribution is 2.45. The summed E-state index contributed by atoms with van der Waals surface area (Å²) in [4.78, 5) is 15.4. The first-order valence-electron chi connectivity index (χ1n) is 44.0. The fourth-order valence-corrected chi connectivity index (χ4v) is 21.7. The van der Waals surface area contributed by atoms with Gasteiger partial charge < -0.3 is 76.0 Å². The predicted octanol–water partition coefficient (Wildman–Crippen LogP) is 16.7. The molecule has 0 amide bonds. The number of aromatic nitrogens is 16. The van der Waals surface area contributed by atoms with Crippen molar-refractivity contribution in [2.75, 3.05) is 56.9 Å². The minimum absolute atomic E-state index is 0.00939. The molecule has 0 spiro atoms. The number of hydrogen-bond donors (Lipinski definition) is 4. The summed E-state index contributed by atoms with van der Waals surface area (Å²) in [7, 11) is -4.77. The lowest BCUT2D eigenvalue weighted by Gasteiger charge is -2.20. The second-order valence-corrected chi connectivity index (χ2v) is 45.8. The lowest BCUT2D eigenvalue weighted by molar-refractivity contribution is 0.165. The lowest BCUT2D eigenvalue weighted by Crippen LogP contribution is -2.29. The molecule has 0 aliphatic carbocycles. The Bertz CT molecular complexity index is 6980. The summed E-state index contributed by atoms with van der Waals surface area (Å²) in [5.41, 5.74) is -0.0575. The molecule has 0 aliphatic rings. The molecule has 40 nitrogen and oxygen atoms in total. The number of aliphatic hydroxyl groups excluding tert-OH is 4. The number of furan rings is 4. The third kappa shape index (κ3) is 24.5. The number of aliphatic hydroxyl groups is 4. The van der Waals surface area contributed by atoms with Gasteiger partial charge in [-0.15, -0.1) is 40.8 Å². The number of benzene rings is 4. The molecule has 52 heteroatoms. The number of halogens is 8. The van der Waals surface area contributed by atoms with Crippen molar-refractivity contribution in [3.05, 3.63) is 281 Å². The van der Waals surface area contributed by atoms with Gasteiger partial charge in [0.15, 0.2) is 85.7 Å². The van der Waals surface area contributed by atoms with Crippen molar-refractivity contribution in [3.63, 3.8) is 0 Å². The summed E-state index contributed by atoms with van der Waals surface area (Å²) in [6, 6.07) is 38.4. The number of aryl methyl sites for hydroxylation is 4. The number of sulfone groups is 4. The van der Waals surface area contributed by atoms with E-state index in [1.165, 1.54) is 128 Å². The van der Waals surface area contributed by atoms with Gasteiger partial charge in [-0.2, -0.15) is 0 Å². The Hall–Kier alpha value is -13.2. The van der Waals surface area contributed by atoms with E-state index >= 15 is 0 Å². The van der Waals surface area contributed by atoms with E-state index in [0.29, 0.717) is 133 Å². The molecule has 4 aromatic carbocycles. The Morgan fingerprint density at radius 1 is 0.291 bits per heavy atom. The average Bonchev–Trinajstić information content (AvgIpc) is 1.62. The van der Waals surface area contributed by atoms with E-state index in [1.54, 1.807) is 149 Å². The van der Waals surface area contributed by atoms with Gasteiger partial charge in [0.2, 0.25) is 23.3 Å². The van der Waals surface area contributed by atoms with E-state index in [-0.39, 0.29) is 69.4 Å². The average molecular weight is 2380 g/mol. The van der Waals surface area contributed by atoms with Crippen molar-refractivity contribution >= 4 is 103 Å². The van der Waals surface area contributed by atoms with Gasteiger partial charge in [0.1, 0.15) is 185 Å². The third-order valence-electron chi connectivity index (χ3n) is 23.1. The van der Waals surface area contributed by atoms with Crippen LogP contribution in [0.5, 0.6) is 46.0 Å². The zero-order valence-corrected chi connectivity index (χ0v) is 91.0. The van der Waals surface area contributed by atoms with Gasteiger partial charge in [-0.25, -0.2) is 51.2 Å². The van der Waals surface area contributed by atoms with Crippen molar-refractivity contribution in [3.8, 4) is 115 Å². The van der Waals surface area contributed by atoms with Crippen LogP contribution in [0.3, 0.4) is 0 Å². The van der Waals surface area contributed by atoms with Gasteiger partial charge in [0.25, 0.3) is 0 Å². The third-order valence-corrected chi connectivity index (χ3v) is 33.0. The van der Waals surface area contributed by atoms with Crippen molar-refractivity contribution < 1.29 is 127 Å². The SMILES string of the molecule is COc1cccc(OC)c1-n1c(CS(=O)(=O)[C@@H](C)[C@@H](O)c2ncc(Br)cc2F)nnc1-c1ccc(C)o1.COc1cccc(OC)c1-n1c(CS(=O)(=O)[C@@H](C)[C@H](O)c2ncc(Br)cc2F)nnc1-c1ccc(C)o1.COc1cccc(OC)c1-n1c(CS(=O)(=O)[C@H](C)[C@@H](O)c2ncc(Br)cc2F)nnc1-c1ccc(C)o1.COc1cccc(OC)c1-n1c(CS(=O)(=O)[C@H](C)[C@H](O)c2ncc(Br)cc2F)nnc1-c1ccc(C)o1.